The second kappa shape index (κ2) is 7.86. The van der Waals surface area contributed by atoms with E-state index in [0.717, 1.165) is 25.4 Å². The zero-order valence-electron chi connectivity index (χ0n) is 17.1. The van der Waals surface area contributed by atoms with Gasteiger partial charge in [0.05, 0.1) is 12.2 Å². The van der Waals surface area contributed by atoms with E-state index in [9.17, 15) is 5.11 Å². The van der Waals surface area contributed by atoms with E-state index in [1.807, 2.05) is 0 Å². The number of rotatable bonds is 8. The molecule has 3 aliphatic rings. The van der Waals surface area contributed by atoms with Gasteiger partial charge in [0, 0.05) is 19.2 Å². The highest BCUT2D eigenvalue weighted by atomic mass is 16.5. The Morgan fingerprint density at radius 1 is 1.12 bits per heavy atom. The van der Waals surface area contributed by atoms with E-state index in [-0.39, 0.29) is 6.10 Å². The van der Waals surface area contributed by atoms with Gasteiger partial charge in [0.25, 0.3) is 0 Å². The molecule has 2 bridgehead atoms. The lowest BCUT2D eigenvalue weighted by Crippen LogP contribution is -2.42. The smallest absolute Gasteiger partial charge is 0.0689 e. The highest BCUT2D eigenvalue weighted by molar-refractivity contribution is 5.11. The van der Waals surface area contributed by atoms with Crippen molar-refractivity contribution < 1.29 is 9.84 Å². The molecule has 0 heterocycles. The number of hydrogen-bond donors (Lipinski definition) is 1. The minimum absolute atomic E-state index is 0.249. The Labute approximate surface area is 155 Å². The van der Waals surface area contributed by atoms with E-state index in [0.29, 0.717) is 29.6 Å². The van der Waals surface area contributed by atoms with Crippen molar-refractivity contribution in [2.24, 2.45) is 16.7 Å². The van der Waals surface area contributed by atoms with Gasteiger partial charge in [-0.15, -0.1) is 0 Å². The van der Waals surface area contributed by atoms with Crippen LogP contribution in [0, 0.1) is 16.7 Å². The lowest BCUT2D eigenvalue weighted by molar-refractivity contribution is -0.0572. The minimum atomic E-state index is -0.249. The Bertz CT molecular complexity index is 432. The first kappa shape index (κ1) is 19.6. The molecule has 0 aromatic carbocycles. The molecule has 0 aliphatic heterocycles. The third-order valence-corrected chi connectivity index (χ3v) is 8.43. The molecule has 3 heteroatoms. The van der Waals surface area contributed by atoms with Crippen LogP contribution in [0.3, 0.4) is 0 Å². The Morgan fingerprint density at radius 2 is 1.84 bits per heavy atom. The first-order valence-electron chi connectivity index (χ1n) is 10.9. The van der Waals surface area contributed by atoms with Crippen LogP contribution in [0.25, 0.3) is 0 Å². The first-order chi connectivity index (χ1) is 11.9. The van der Waals surface area contributed by atoms with Crippen LogP contribution >= 0.6 is 0 Å². The van der Waals surface area contributed by atoms with Gasteiger partial charge < -0.3 is 9.84 Å². The quantitative estimate of drug-likeness (QED) is 0.692. The van der Waals surface area contributed by atoms with Crippen molar-refractivity contribution in [1.82, 2.24) is 4.90 Å². The van der Waals surface area contributed by atoms with Gasteiger partial charge in [-0.25, -0.2) is 0 Å². The van der Waals surface area contributed by atoms with Gasteiger partial charge in [0.2, 0.25) is 0 Å². The summed E-state index contributed by atoms with van der Waals surface area (Å²) in [4.78, 5) is 2.51. The summed E-state index contributed by atoms with van der Waals surface area (Å²) in [5.41, 5.74) is 0.746. The standard InChI is InChI=1S/C22H41NO2/c1-5-23(18-9-7-6-8-10-18)16-19(24)12-14-25-20-15-17-11-13-22(20,4)21(17,2)3/h17-20,24H,5-16H2,1-4H3/t17-,19+,20-,22-/m1/s1. The van der Waals surface area contributed by atoms with Crippen LogP contribution in [-0.4, -0.2) is 48.0 Å². The van der Waals surface area contributed by atoms with Gasteiger partial charge in [-0.1, -0.05) is 47.0 Å². The van der Waals surface area contributed by atoms with Crippen LogP contribution < -0.4 is 0 Å². The largest absolute Gasteiger partial charge is 0.392 e. The number of aliphatic hydroxyl groups is 1. The fourth-order valence-corrected chi connectivity index (χ4v) is 6.07. The number of likely N-dealkylation sites (N-methyl/N-ethyl adjacent to an activating group) is 1. The second-order valence-electron chi connectivity index (χ2n) is 9.79. The average Bonchev–Trinajstić information content (AvgIpc) is 2.94. The third-order valence-electron chi connectivity index (χ3n) is 8.43. The van der Waals surface area contributed by atoms with E-state index >= 15 is 0 Å². The molecule has 1 N–H and O–H groups in total. The maximum absolute atomic E-state index is 10.5. The molecule has 0 aromatic heterocycles. The molecular formula is C22H41NO2. The molecule has 0 saturated heterocycles. The topological polar surface area (TPSA) is 32.7 Å². The molecular weight excluding hydrogens is 310 g/mol. The van der Waals surface area contributed by atoms with E-state index in [1.54, 1.807) is 0 Å². The molecule has 0 aromatic rings. The molecule has 3 fully saturated rings. The zero-order chi connectivity index (χ0) is 18.1. The molecule has 3 rings (SSSR count). The summed E-state index contributed by atoms with van der Waals surface area (Å²) >= 11 is 0. The van der Waals surface area contributed by atoms with Crippen molar-refractivity contribution in [1.29, 1.82) is 0 Å². The SMILES string of the molecule is CCN(C[C@@H](O)CCO[C@@H]1C[C@H]2CC[C@@]1(C)C2(C)C)C1CCCCC1. The maximum Gasteiger partial charge on any atom is 0.0689 e. The van der Waals surface area contributed by atoms with Crippen LogP contribution in [-0.2, 0) is 4.74 Å². The van der Waals surface area contributed by atoms with Crippen LogP contribution in [0.5, 0.6) is 0 Å². The van der Waals surface area contributed by atoms with Gasteiger partial charge in [-0.05, 0) is 61.8 Å². The molecule has 25 heavy (non-hydrogen) atoms. The fourth-order valence-electron chi connectivity index (χ4n) is 6.07. The van der Waals surface area contributed by atoms with Crippen LogP contribution in [0.4, 0.5) is 0 Å². The van der Waals surface area contributed by atoms with Crippen molar-refractivity contribution in [3.63, 3.8) is 0 Å². The summed E-state index contributed by atoms with van der Waals surface area (Å²) in [6, 6.07) is 0.694. The van der Waals surface area contributed by atoms with Crippen LogP contribution in [0.1, 0.15) is 85.5 Å². The van der Waals surface area contributed by atoms with Gasteiger partial charge >= 0.3 is 0 Å². The summed E-state index contributed by atoms with van der Waals surface area (Å²) in [5.74, 6) is 0.828. The number of nitrogens with zero attached hydrogens (tertiary/aromatic N) is 1. The van der Waals surface area contributed by atoms with E-state index in [1.165, 1.54) is 51.4 Å². The maximum atomic E-state index is 10.5. The van der Waals surface area contributed by atoms with E-state index in [4.69, 9.17) is 4.74 Å². The summed E-state index contributed by atoms with van der Waals surface area (Å²) in [6.07, 6.45) is 11.6. The van der Waals surface area contributed by atoms with Gasteiger partial charge in [-0.3, -0.25) is 4.90 Å². The van der Waals surface area contributed by atoms with Crippen molar-refractivity contribution in [2.45, 2.75) is 104 Å². The van der Waals surface area contributed by atoms with Gasteiger partial charge in [-0.2, -0.15) is 0 Å². The van der Waals surface area contributed by atoms with Crippen molar-refractivity contribution in [3.05, 3.63) is 0 Å². The van der Waals surface area contributed by atoms with Crippen LogP contribution in [0.2, 0.25) is 0 Å². The summed E-state index contributed by atoms with van der Waals surface area (Å²) < 4.78 is 6.33. The predicted molar refractivity (Wildman–Crippen MR) is 104 cm³/mol. The normalized spacial score (nSPS) is 36.2. The molecule has 0 unspecified atom stereocenters. The Balaban J connectivity index is 1.41. The molecule has 0 amide bonds. The summed E-state index contributed by atoms with van der Waals surface area (Å²) in [6.45, 7) is 12.1. The number of aliphatic hydroxyl groups excluding tert-OH is 1. The summed E-state index contributed by atoms with van der Waals surface area (Å²) in [5, 5.41) is 10.5. The Kier molecular flexibility index (Phi) is 6.17. The second-order valence-corrected chi connectivity index (χ2v) is 9.79. The molecule has 3 saturated carbocycles. The zero-order valence-corrected chi connectivity index (χ0v) is 17.1. The monoisotopic (exact) mass is 351 g/mol. The Hall–Kier alpha value is -0.120. The fraction of sp³-hybridized carbons (Fsp3) is 1.00. The molecule has 146 valence electrons. The minimum Gasteiger partial charge on any atom is -0.392 e. The average molecular weight is 352 g/mol. The lowest BCUT2D eigenvalue weighted by atomic mass is 9.70. The van der Waals surface area contributed by atoms with Crippen molar-refractivity contribution >= 4 is 0 Å². The number of fused-ring (bicyclic) bond motifs is 2. The van der Waals surface area contributed by atoms with Gasteiger partial charge in [0.15, 0.2) is 0 Å². The van der Waals surface area contributed by atoms with E-state index in [2.05, 4.69) is 32.6 Å². The van der Waals surface area contributed by atoms with Gasteiger partial charge in [0.1, 0.15) is 0 Å². The number of ether oxygens (including phenoxy) is 1. The molecule has 0 spiro atoms. The Morgan fingerprint density at radius 3 is 2.40 bits per heavy atom. The van der Waals surface area contributed by atoms with Crippen molar-refractivity contribution in [2.75, 3.05) is 19.7 Å². The molecule has 3 aliphatic carbocycles. The molecule has 3 nitrogen and oxygen atoms in total. The number of hydrogen-bond acceptors (Lipinski definition) is 3. The predicted octanol–water partition coefficient (Wildman–Crippen LogP) is 4.62. The molecule has 4 atom stereocenters. The first-order valence-corrected chi connectivity index (χ1v) is 10.9. The summed E-state index contributed by atoms with van der Waals surface area (Å²) in [7, 11) is 0. The van der Waals surface area contributed by atoms with E-state index < -0.39 is 0 Å². The third kappa shape index (κ3) is 3.80. The highest BCUT2D eigenvalue weighted by Crippen LogP contribution is 2.66. The van der Waals surface area contributed by atoms with Crippen molar-refractivity contribution in [3.8, 4) is 0 Å². The molecule has 0 radical (unpaired) electrons. The highest BCUT2D eigenvalue weighted by Gasteiger charge is 2.61. The lowest BCUT2D eigenvalue weighted by Gasteiger charge is -2.39. The van der Waals surface area contributed by atoms with Crippen LogP contribution in [0.15, 0.2) is 0 Å².